The number of aromatic nitrogens is 1. The summed E-state index contributed by atoms with van der Waals surface area (Å²) in [5, 5.41) is 1.84. The highest BCUT2D eigenvalue weighted by molar-refractivity contribution is 9.10. The average molecular weight is 466 g/mol. The molecule has 2 aromatic carbocycles. The summed E-state index contributed by atoms with van der Waals surface area (Å²) in [4.78, 5) is 3.54. The van der Waals surface area contributed by atoms with Gasteiger partial charge >= 0.3 is 0 Å². The van der Waals surface area contributed by atoms with Gasteiger partial charge in [-0.1, -0.05) is 27.5 Å². The summed E-state index contributed by atoms with van der Waals surface area (Å²) in [7, 11) is 0. The van der Waals surface area contributed by atoms with Crippen LogP contribution in [0.5, 0.6) is 11.5 Å². The fraction of sp³-hybridized carbons (Fsp3) is 0.364. The normalized spacial score (nSPS) is 11.2. The van der Waals surface area contributed by atoms with Gasteiger partial charge in [0.2, 0.25) is 0 Å². The Morgan fingerprint density at radius 1 is 1.04 bits per heavy atom. The minimum atomic E-state index is 0.582. The third-order valence-electron chi connectivity index (χ3n) is 4.64. The topological polar surface area (TPSA) is 60.3 Å². The van der Waals surface area contributed by atoms with Crippen molar-refractivity contribution < 1.29 is 9.47 Å². The second-order valence-electron chi connectivity index (χ2n) is 6.56. The molecule has 0 aliphatic rings. The summed E-state index contributed by atoms with van der Waals surface area (Å²) in [5.74, 6) is 1.51. The Balaban J connectivity index is 2.14. The Morgan fingerprint density at radius 3 is 2.50 bits per heavy atom. The highest BCUT2D eigenvalue weighted by Crippen LogP contribution is 2.39. The van der Waals surface area contributed by atoms with Crippen LogP contribution in [0, 0.1) is 0 Å². The van der Waals surface area contributed by atoms with Crippen LogP contribution in [0.4, 0.5) is 0 Å². The molecule has 150 valence electrons. The summed E-state index contributed by atoms with van der Waals surface area (Å²) in [6, 6.07) is 10.1. The van der Waals surface area contributed by atoms with E-state index in [0.717, 1.165) is 57.4 Å². The zero-order valence-electron chi connectivity index (χ0n) is 16.3. The number of aryl methyl sites for hydroxylation is 1. The molecule has 28 heavy (non-hydrogen) atoms. The highest BCUT2D eigenvalue weighted by Gasteiger charge is 2.17. The summed E-state index contributed by atoms with van der Waals surface area (Å²) in [5.41, 5.74) is 10.0. The van der Waals surface area contributed by atoms with Crippen LogP contribution in [0.2, 0.25) is 5.02 Å². The van der Waals surface area contributed by atoms with Crippen molar-refractivity contribution in [3.63, 3.8) is 0 Å². The van der Waals surface area contributed by atoms with Crippen molar-refractivity contribution in [2.45, 2.75) is 33.1 Å². The average Bonchev–Trinajstić information content (AvgIpc) is 3.03. The van der Waals surface area contributed by atoms with E-state index in [2.05, 4.69) is 33.0 Å². The van der Waals surface area contributed by atoms with Gasteiger partial charge in [-0.25, -0.2) is 0 Å². The van der Waals surface area contributed by atoms with Gasteiger partial charge in [0, 0.05) is 21.1 Å². The Morgan fingerprint density at radius 2 is 1.79 bits per heavy atom. The molecular weight excluding hydrogens is 440 g/mol. The van der Waals surface area contributed by atoms with Crippen LogP contribution in [0.3, 0.4) is 0 Å². The quantitative estimate of drug-likeness (QED) is 0.363. The third kappa shape index (κ3) is 4.48. The first kappa shape index (κ1) is 21.0. The molecule has 0 saturated carbocycles. The molecule has 0 atom stereocenters. The lowest BCUT2D eigenvalue weighted by Crippen LogP contribution is -2.00. The first-order chi connectivity index (χ1) is 13.6. The number of hydrogen-bond acceptors (Lipinski definition) is 3. The van der Waals surface area contributed by atoms with E-state index in [-0.39, 0.29) is 0 Å². The molecule has 0 aliphatic carbocycles. The number of rotatable bonds is 9. The third-order valence-corrected chi connectivity index (χ3v) is 5.40. The summed E-state index contributed by atoms with van der Waals surface area (Å²) >= 11 is 10.1. The van der Waals surface area contributed by atoms with Crippen LogP contribution in [-0.2, 0) is 6.42 Å². The van der Waals surface area contributed by atoms with Gasteiger partial charge in [0.05, 0.1) is 23.8 Å². The van der Waals surface area contributed by atoms with Gasteiger partial charge in [0.1, 0.15) is 0 Å². The Kier molecular flexibility index (Phi) is 7.27. The number of nitrogens with two attached hydrogens (primary N) is 1. The van der Waals surface area contributed by atoms with E-state index in [1.54, 1.807) is 0 Å². The molecule has 3 aromatic rings. The molecule has 0 radical (unpaired) electrons. The molecular formula is C22H26BrClN2O2. The number of unbranched alkanes of at least 4 members (excludes halogenated alkanes) is 1. The van der Waals surface area contributed by atoms with Crippen molar-refractivity contribution in [1.82, 2.24) is 4.98 Å². The van der Waals surface area contributed by atoms with E-state index in [0.29, 0.717) is 24.8 Å². The maximum Gasteiger partial charge on any atom is 0.161 e. The van der Waals surface area contributed by atoms with E-state index >= 15 is 0 Å². The van der Waals surface area contributed by atoms with Gasteiger partial charge in [0.15, 0.2) is 11.5 Å². The van der Waals surface area contributed by atoms with Crippen molar-refractivity contribution in [2.75, 3.05) is 19.8 Å². The Bertz CT molecular complexity index is 955. The van der Waals surface area contributed by atoms with Crippen LogP contribution in [0.15, 0.2) is 34.8 Å². The van der Waals surface area contributed by atoms with Crippen molar-refractivity contribution in [3.8, 4) is 22.8 Å². The number of halogens is 2. The predicted octanol–water partition coefficient (Wildman–Crippen LogP) is 6.33. The maximum absolute atomic E-state index is 6.52. The minimum absolute atomic E-state index is 0.582. The van der Waals surface area contributed by atoms with Crippen LogP contribution in [0.25, 0.3) is 22.2 Å². The lowest BCUT2D eigenvalue weighted by atomic mass is 10.00. The maximum atomic E-state index is 6.52. The number of hydrogen-bond donors (Lipinski definition) is 2. The lowest BCUT2D eigenvalue weighted by Gasteiger charge is -2.13. The molecule has 0 unspecified atom stereocenters. The van der Waals surface area contributed by atoms with Crippen molar-refractivity contribution in [2.24, 2.45) is 5.73 Å². The molecule has 0 amide bonds. The molecule has 3 rings (SSSR count). The second-order valence-corrected chi connectivity index (χ2v) is 7.88. The number of nitrogens with one attached hydrogen (secondary N) is 1. The first-order valence-corrected chi connectivity index (χ1v) is 10.9. The highest BCUT2D eigenvalue weighted by atomic mass is 79.9. The van der Waals surface area contributed by atoms with Crippen molar-refractivity contribution in [1.29, 1.82) is 0 Å². The zero-order chi connectivity index (χ0) is 20.1. The van der Waals surface area contributed by atoms with Crippen molar-refractivity contribution in [3.05, 3.63) is 45.4 Å². The molecule has 0 spiro atoms. The fourth-order valence-corrected chi connectivity index (χ4v) is 4.29. The first-order valence-electron chi connectivity index (χ1n) is 9.68. The molecule has 1 heterocycles. The van der Waals surface area contributed by atoms with Gasteiger partial charge in [-0.15, -0.1) is 0 Å². The van der Waals surface area contributed by atoms with E-state index in [4.69, 9.17) is 26.8 Å². The summed E-state index contributed by atoms with van der Waals surface area (Å²) < 4.78 is 12.5. The van der Waals surface area contributed by atoms with Gasteiger partial charge in [-0.2, -0.15) is 0 Å². The van der Waals surface area contributed by atoms with E-state index in [1.165, 1.54) is 5.56 Å². The van der Waals surface area contributed by atoms with Gasteiger partial charge in [0.25, 0.3) is 0 Å². The number of benzene rings is 2. The number of H-pyrrole nitrogens is 1. The molecule has 4 nitrogen and oxygen atoms in total. The molecule has 0 saturated heterocycles. The van der Waals surface area contributed by atoms with Crippen LogP contribution in [0.1, 0.15) is 32.3 Å². The molecule has 3 N–H and O–H groups in total. The smallest absolute Gasteiger partial charge is 0.161 e. The Labute approximate surface area is 179 Å². The number of aromatic amines is 1. The summed E-state index contributed by atoms with van der Waals surface area (Å²) in [6.07, 6.45) is 2.94. The molecule has 0 bridgehead atoms. The van der Waals surface area contributed by atoms with Crippen LogP contribution >= 0.6 is 27.5 Å². The zero-order valence-corrected chi connectivity index (χ0v) is 18.6. The molecule has 0 aliphatic heterocycles. The monoisotopic (exact) mass is 464 g/mol. The van der Waals surface area contributed by atoms with Crippen molar-refractivity contribution >= 4 is 38.4 Å². The summed E-state index contributed by atoms with van der Waals surface area (Å²) in [6.45, 7) is 5.81. The van der Waals surface area contributed by atoms with Crippen LogP contribution in [-0.4, -0.2) is 24.7 Å². The lowest BCUT2D eigenvalue weighted by molar-refractivity contribution is 0.288. The molecule has 6 heteroatoms. The largest absolute Gasteiger partial charge is 0.490 e. The number of fused-ring (bicyclic) bond motifs is 1. The standard InChI is InChI=1S/C22H26BrClN2O2/c1-3-27-19-9-8-14(11-20(19)28-4-2)21-16(7-5-6-10-25)17-12-15(23)13-18(24)22(17)26-21/h8-9,11-13,26H,3-7,10,25H2,1-2H3. The van der Waals surface area contributed by atoms with E-state index in [9.17, 15) is 0 Å². The van der Waals surface area contributed by atoms with Crippen LogP contribution < -0.4 is 15.2 Å². The SMILES string of the molecule is CCOc1ccc(-c2[nH]c3c(Cl)cc(Br)cc3c2CCCCN)cc1OCC. The van der Waals surface area contributed by atoms with E-state index in [1.807, 2.05) is 32.0 Å². The molecule has 0 fully saturated rings. The van der Waals surface area contributed by atoms with Gasteiger partial charge in [-0.3, -0.25) is 0 Å². The minimum Gasteiger partial charge on any atom is -0.490 e. The molecule has 1 aromatic heterocycles. The predicted molar refractivity (Wildman–Crippen MR) is 121 cm³/mol. The van der Waals surface area contributed by atoms with Gasteiger partial charge < -0.3 is 20.2 Å². The van der Waals surface area contributed by atoms with Gasteiger partial charge in [-0.05, 0) is 75.5 Å². The Hall–Kier alpha value is -1.69. The number of ether oxygens (including phenoxy) is 2. The second kappa shape index (κ2) is 9.68. The fourth-order valence-electron chi connectivity index (χ4n) is 3.43. The van der Waals surface area contributed by atoms with E-state index < -0.39 is 0 Å².